The third-order valence-corrected chi connectivity index (χ3v) is 3.13. The molecule has 2 rings (SSSR count). The fourth-order valence-corrected chi connectivity index (χ4v) is 2.03. The van der Waals surface area contributed by atoms with Crippen molar-refractivity contribution in [2.24, 2.45) is 5.73 Å². The molecule has 0 saturated carbocycles. The molecule has 0 atom stereocenters. The summed E-state index contributed by atoms with van der Waals surface area (Å²) in [6, 6.07) is 3.83. The number of hydrogen-bond donors (Lipinski definition) is 2. The average Bonchev–Trinajstić information content (AvgIpc) is 2.76. The zero-order valence-electron chi connectivity index (χ0n) is 11.2. The van der Waals surface area contributed by atoms with Crippen molar-refractivity contribution in [3.05, 3.63) is 40.5 Å². The second-order valence-electron chi connectivity index (χ2n) is 4.36. The highest BCUT2D eigenvalue weighted by atomic mass is 32.1. The summed E-state index contributed by atoms with van der Waals surface area (Å²) >= 11 is 5.08. The predicted octanol–water partition coefficient (Wildman–Crippen LogP) is 2.24. The third-order valence-electron chi connectivity index (χ3n) is 2.93. The van der Waals surface area contributed by atoms with E-state index in [1.165, 1.54) is 0 Å². The van der Waals surface area contributed by atoms with Gasteiger partial charge in [-0.3, -0.25) is 0 Å². The Kier molecular flexibility index (Phi) is 3.80. The molecule has 0 bridgehead atoms. The van der Waals surface area contributed by atoms with Crippen LogP contribution in [0.2, 0.25) is 0 Å². The van der Waals surface area contributed by atoms with Crippen LogP contribution < -0.4 is 11.1 Å². The standard InChI is InChI=1S/C13H16N4OS/c1-7-4-5-10(18-7)6-15-13-11(12(14)19)8(2)9(3)16-17-13/h4-5H,6H2,1-3H3,(H2,14,19)(H,15,17). The van der Waals surface area contributed by atoms with Crippen molar-refractivity contribution >= 4 is 23.0 Å². The number of nitrogens with zero attached hydrogens (tertiary/aromatic N) is 2. The van der Waals surface area contributed by atoms with Gasteiger partial charge >= 0.3 is 0 Å². The van der Waals surface area contributed by atoms with Crippen LogP contribution >= 0.6 is 12.2 Å². The SMILES string of the molecule is Cc1ccc(CNc2nnc(C)c(C)c2C(N)=S)o1. The second kappa shape index (κ2) is 5.36. The lowest BCUT2D eigenvalue weighted by Gasteiger charge is -2.12. The Morgan fingerprint density at radius 2 is 2.05 bits per heavy atom. The van der Waals surface area contributed by atoms with Crippen molar-refractivity contribution in [1.82, 2.24) is 10.2 Å². The summed E-state index contributed by atoms with van der Waals surface area (Å²) in [5.74, 6) is 2.29. The van der Waals surface area contributed by atoms with Crippen LogP contribution in [0.4, 0.5) is 5.82 Å². The molecule has 2 heterocycles. The topological polar surface area (TPSA) is 77.0 Å². The molecule has 0 aliphatic rings. The van der Waals surface area contributed by atoms with Crippen LogP contribution in [-0.4, -0.2) is 15.2 Å². The molecule has 100 valence electrons. The summed E-state index contributed by atoms with van der Waals surface area (Å²) in [7, 11) is 0. The van der Waals surface area contributed by atoms with Gasteiger partial charge in [0, 0.05) is 0 Å². The maximum absolute atomic E-state index is 5.76. The first kappa shape index (κ1) is 13.5. The van der Waals surface area contributed by atoms with Gasteiger partial charge in [0.05, 0.1) is 17.8 Å². The lowest BCUT2D eigenvalue weighted by molar-refractivity contribution is 0.490. The molecule has 19 heavy (non-hydrogen) atoms. The minimum Gasteiger partial charge on any atom is -0.465 e. The highest BCUT2D eigenvalue weighted by molar-refractivity contribution is 7.80. The largest absolute Gasteiger partial charge is 0.465 e. The Hall–Kier alpha value is -1.95. The van der Waals surface area contributed by atoms with Gasteiger partial charge in [0.15, 0.2) is 5.82 Å². The minimum absolute atomic E-state index is 0.314. The van der Waals surface area contributed by atoms with Crippen molar-refractivity contribution in [3.8, 4) is 0 Å². The second-order valence-corrected chi connectivity index (χ2v) is 4.80. The lowest BCUT2D eigenvalue weighted by Crippen LogP contribution is -2.18. The Labute approximate surface area is 117 Å². The summed E-state index contributed by atoms with van der Waals surface area (Å²) < 4.78 is 5.48. The number of aromatic nitrogens is 2. The molecule has 0 aliphatic carbocycles. The monoisotopic (exact) mass is 276 g/mol. The van der Waals surface area contributed by atoms with E-state index in [1.54, 1.807) is 0 Å². The molecule has 0 aliphatic heterocycles. The Morgan fingerprint density at radius 3 is 2.63 bits per heavy atom. The van der Waals surface area contributed by atoms with E-state index < -0.39 is 0 Å². The lowest BCUT2D eigenvalue weighted by atomic mass is 10.1. The normalized spacial score (nSPS) is 10.5. The molecule has 2 aromatic rings. The number of furan rings is 1. The predicted molar refractivity (Wildman–Crippen MR) is 78.2 cm³/mol. The van der Waals surface area contributed by atoms with Crippen LogP contribution in [0.1, 0.15) is 28.3 Å². The van der Waals surface area contributed by atoms with Crippen LogP contribution in [0.5, 0.6) is 0 Å². The Morgan fingerprint density at radius 1 is 1.32 bits per heavy atom. The van der Waals surface area contributed by atoms with Gasteiger partial charge in [-0.15, -0.1) is 5.10 Å². The number of aryl methyl sites for hydroxylation is 2. The van der Waals surface area contributed by atoms with E-state index in [9.17, 15) is 0 Å². The fourth-order valence-electron chi connectivity index (χ4n) is 1.78. The quantitative estimate of drug-likeness (QED) is 0.834. The van der Waals surface area contributed by atoms with Crippen LogP contribution in [-0.2, 0) is 6.54 Å². The van der Waals surface area contributed by atoms with Gasteiger partial charge in [-0.1, -0.05) is 12.2 Å². The van der Waals surface area contributed by atoms with E-state index in [0.717, 1.165) is 28.3 Å². The Bertz CT molecular complexity index is 621. The molecule has 0 spiro atoms. The summed E-state index contributed by atoms with van der Waals surface area (Å²) in [5.41, 5.74) is 8.27. The summed E-state index contributed by atoms with van der Waals surface area (Å²) in [5, 5.41) is 11.4. The highest BCUT2D eigenvalue weighted by Gasteiger charge is 2.13. The van der Waals surface area contributed by atoms with Crippen LogP contribution in [0, 0.1) is 20.8 Å². The summed E-state index contributed by atoms with van der Waals surface area (Å²) in [6.45, 7) is 6.23. The van der Waals surface area contributed by atoms with Crippen LogP contribution in [0.25, 0.3) is 0 Å². The van der Waals surface area contributed by atoms with Crippen molar-refractivity contribution in [2.75, 3.05) is 5.32 Å². The molecule has 0 saturated heterocycles. The fraction of sp³-hybridized carbons (Fsp3) is 0.308. The number of hydrogen-bond acceptors (Lipinski definition) is 5. The molecular weight excluding hydrogens is 260 g/mol. The number of rotatable bonds is 4. The maximum atomic E-state index is 5.76. The van der Waals surface area contributed by atoms with Crippen molar-refractivity contribution in [1.29, 1.82) is 0 Å². The zero-order chi connectivity index (χ0) is 14.0. The summed E-state index contributed by atoms with van der Waals surface area (Å²) in [4.78, 5) is 0.314. The number of nitrogens with one attached hydrogen (secondary N) is 1. The Balaban J connectivity index is 2.25. The zero-order valence-corrected chi connectivity index (χ0v) is 12.0. The first-order valence-electron chi connectivity index (χ1n) is 5.92. The number of anilines is 1. The molecule has 0 aromatic carbocycles. The first-order chi connectivity index (χ1) is 8.99. The van der Waals surface area contributed by atoms with Crippen molar-refractivity contribution in [3.63, 3.8) is 0 Å². The molecule has 0 radical (unpaired) electrons. The van der Waals surface area contributed by atoms with Crippen LogP contribution in [0.3, 0.4) is 0 Å². The minimum atomic E-state index is 0.314. The number of thiocarbonyl (C=S) groups is 1. The van der Waals surface area contributed by atoms with E-state index in [1.807, 2.05) is 32.9 Å². The molecule has 0 unspecified atom stereocenters. The van der Waals surface area contributed by atoms with Crippen molar-refractivity contribution in [2.45, 2.75) is 27.3 Å². The molecule has 0 fully saturated rings. The summed E-state index contributed by atoms with van der Waals surface area (Å²) in [6.07, 6.45) is 0. The molecule has 5 nitrogen and oxygen atoms in total. The van der Waals surface area contributed by atoms with Gasteiger partial charge in [0.2, 0.25) is 0 Å². The van der Waals surface area contributed by atoms with E-state index >= 15 is 0 Å². The number of nitrogens with two attached hydrogens (primary N) is 1. The van der Waals surface area contributed by atoms with E-state index in [0.29, 0.717) is 17.4 Å². The smallest absolute Gasteiger partial charge is 0.159 e. The molecule has 2 aromatic heterocycles. The maximum Gasteiger partial charge on any atom is 0.159 e. The van der Waals surface area contributed by atoms with E-state index in [2.05, 4.69) is 15.5 Å². The first-order valence-corrected chi connectivity index (χ1v) is 6.32. The van der Waals surface area contributed by atoms with Crippen molar-refractivity contribution < 1.29 is 4.42 Å². The molecule has 3 N–H and O–H groups in total. The third kappa shape index (κ3) is 2.90. The molecular formula is C13H16N4OS. The van der Waals surface area contributed by atoms with Gasteiger partial charge in [-0.2, -0.15) is 5.10 Å². The van der Waals surface area contributed by atoms with Gasteiger partial charge in [-0.25, -0.2) is 0 Å². The van der Waals surface area contributed by atoms with Gasteiger partial charge in [-0.05, 0) is 38.5 Å². The van der Waals surface area contributed by atoms with Gasteiger partial charge < -0.3 is 15.5 Å². The van der Waals surface area contributed by atoms with E-state index in [-0.39, 0.29) is 0 Å². The van der Waals surface area contributed by atoms with Gasteiger partial charge in [0.1, 0.15) is 16.5 Å². The highest BCUT2D eigenvalue weighted by Crippen LogP contribution is 2.19. The molecule has 6 heteroatoms. The van der Waals surface area contributed by atoms with Crippen LogP contribution in [0.15, 0.2) is 16.5 Å². The van der Waals surface area contributed by atoms with Gasteiger partial charge in [0.25, 0.3) is 0 Å². The average molecular weight is 276 g/mol. The van der Waals surface area contributed by atoms with E-state index in [4.69, 9.17) is 22.4 Å². The molecule has 0 amide bonds.